The van der Waals surface area contributed by atoms with Crippen molar-refractivity contribution < 1.29 is 4.39 Å². The molecule has 0 saturated carbocycles. The smallest absolute Gasteiger partial charge is 0.184 e. The molecule has 6 saturated heterocycles. The minimum Gasteiger partial charge on any atom is -0.355 e. The summed E-state index contributed by atoms with van der Waals surface area (Å²) >= 11 is 20.8. The number of anilines is 3. The number of likely N-dealkylation sites (N-methyl/N-ethyl adjacent to an activating group) is 3. The Hall–Kier alpha value is -6.73. The van der Waals surface area contributed by atoms with E-state index in [0.717, 1.165) is 205 Å². The van der Waals surface area contributed by atoms with Crippen LogP contribution in [0.25, 0.3) is 66.9 Å². The third-order valence-corrected chi connectivity index (χ3v) is 20.4. The molecule has 0 spiro atoms. The maximum atomic E-state index is 14.0. The van der Waals surface area contributed by atoms with Crippen molar-refractivity contribution in [1.29, 1.82) is 0 Å². The molecule has 0 aliphatic carbocycles. The number of aromatic nitrogens is 12. The van der Waals surface area contributed by atoms with Gasteiger partial charge in [0.1, 0.15) is 23.3 Å². The van der Waals surface area contributed by atoms with Crippen LogP contribution in [0.15, 0.2) is 91.0 Å². The normalized spacial score (nSPS) is 19.4. The van der Waals surface area contributed by atoms with E-state index in [1.165, 1.54) is 38.5 Å². The molecule has 3 aromatic carbocycles. The fourth-order valence-electron chi connectivity index (χ4n) is 13.5. The number of piperidine rings is 2. The highest BCUT2D eigenvalue weighted by molar-refractivity contribution is 6.39. The zero-order chi connectivity index (χ0) is 63.8. The zero-order valence-electron chi connectivity index (χ0n) is 54.1. The second-order valence-electron chi connectivity index (χ2n) is 25.8. The molecular formula is C68H87Cl3FN21. The molecule has 0 bridgehead atoms. The van der Waals surface area contributed by atoms with Crippen molar-refractivity contribution in [2.45, 2.75) is 70.8 Å². The first-order chi connectivity index (χ1) is 45.5. The van der Waals surface area contributed by atoms with Crippen LogP contribution in [0.4, 0.5) is 21.8 Å². The summed E-state index contributed by atoms with van der Waals surface area (Å²) in [5.41, 5.74) is 7.20. The van der Waals surface area contributed by atoms with E-state index in [2.05, 4.69) is 90.9 Å². The monoisotopic (exact) mass is 1320 g/mol. The average molecular weight is 1320 g/mol. The largest absolute Gasteiger partial charge is 0.355 e. The lowest BCUT2D eigenvalue weighted by Gasteiger charge is -2.32. The number of piperazine rings is 3. The Morgan fingerprint density at radius 2 is 0.656 bits per heavy atom. The Balaban J connectivity index is 0.000000127. The van der Waals surface area contributed by atoms with Crippen LogP contribution in [0, 0.1) is 0 Å². The third kappa shape index (κ3) is 15.0. The Morgan fingerprint density at radius 1 is 0.355 bits per heavy atom. The second kappa shape index (κ2) is 30.3. The van der Waals surface area contributed by atoms with Gasteiger partial charge >= 0.3 is 0 Å². The van der Waals surface area contributed by atoms with Crippen molar-refractivity contribution in [1.82, 2.24) is 89.3 Å². The van der Waals surface area contributed by atoms with E-state index >= 15 is 0 Å². The summed E-state index contributed by atoms with van der Waals surface area (Å²) in [5, 5.41) is 46.6. The van der Waals surface area contributed by atoms with Crippen molar-refractivity contribution in [3.8, 4) is 33.8 Å². The predicted molar refractivity (Wildman–Crippen MR) is 373 cm³/mol. The van der Waals surface area contributed by atoms with Crippen LogP contribution >= 0.6 is 34.8 Å². The molecule has 15 rings (SSSR count). The molecule has 6 aliphatic heterocycles. The number of alkyl halides is 1. The molecule has 0 amide bonds. The first-order valence-corrected chi connectivity index (χ1v) is 34.7. The van der Waals surface area contributed by atoms with Crippen molar-refractivity contribution in [3.63, 3.8) is 0 Å². The fraction of sp³-hybridized carbons (Fsp3) is 0.515. The third-order valence-electron chi connectivity index (χ3n) is 19.3. The van der Waals surface area contributed by atoms with Crippen LogP contribution in [-0.4, -0.2) is 254 Å². The highest BCUT2D eigenvalue weighted by Gasteiger charge is 2.31. The van der Waals surface area contributed by atoms with Crippen LogP contribution in [0.2, 0.25) is 15.1 Å². The standard InChI is InChI=1S/2C23H30ClN7.C22H27ClFN7/c2*1-28-12-14-29(15-13-28)16-17-31-22-19(23(27-31)30-10-6-3-7-11-30)20(24)21(25-26-22)18-8-4-2-5-9-18;1-28-9-11-29(12-10-28)13-14-31-21-18(22(27-31)30-8-7-17(24)15-30)19(23)20(25-26-21)16-5-3-2-4-6-16/h2*2,4-5,8-9H,3,6-7,10-17H2,1H3;2-6,17H,7-15H2,1H3/t;;17-/m..1/s1. The summed E-state index contributed by atoms with van der Waals surface area (Å²) in [6, 6.07) is 29.9. The number of halogens is 4. The number of hydrogen-bond acceptors (Lipinski definition) is 18. The fourth-order valence-corrected chi connectivity index (χ4v) is 14.5. The molecule has 1 atom stereocenters. The van der Waals surface area contributed by atoms with Gasteiger partial charge in [-0.2, -0.15) is 15.3 Å². The molecule has 0 unspecified atom stereocenters. The molecule has 25 heteroatoms. The van der Waals surface area contributed by atoms with Crippen molar-refractivity contribution in [3.05, 3.63) is 106 Å². The van der Waals surface area contributed by atoms with Gasteiger partial charge in [-0.05, 0) is 66.1 Å². The zero-order valence-corrected chi connectivity index (χ0v) is 56.3. The maximum Gasteiger partial charge on any atom is 0.184 e. The van der Waals surface area contributed by atoms with Gasteiger partial charge < -0.3 is 29.4 Å². The van der Waals surface area contributed by atoms with Crippen LogP contribution in [-0.2, 0) is 19.6 Å². The van der Waals surface area contributed by atoms with E-state index in [4.69, 9.17) is 50.1 Å². The van der Waals surface area contributed by atoms with Crippen molar-refractivity contribution in [2.75, 3.05) is 173 Å². The van der Waals surface area contributed by atoms with Crippen molar-refractivity contribution >= 4 is 85.4 Å². The first kappa shape index (κ1) is 65.0. The predicted octanol–water partition coefficient (Wildman–Crippen LogP) is 9.71. The Labute approximate surface area is 559 Å². The van der Waals surface area contributed by atoms with Crippen LogP contribution < -0.4 is 14.7 Å². The van der Waals surface area contributed by atoms with Gasteiger partial charge in [0, 0.05) is 148 Å². The summed E-state index contributed by atoms with van der Waals surface area (Å²) in [6.45, 7) is 23.2. The topological polar surface area (TPSA) is 160 Å². The lowest BCUT2D eigenvalue weighted by atomic mass is 10.1. The summed E-state index contributed by atoms with van der Waals surface area (Å²) in [5.74, 6) is 2.64. The number of fused-ring (bicyclic) bond motifs is 3. The van der Waals surface area contributed by atoms with Gasteiger partial charge in [-0.25, -0.2) is 18.4 Å². The highest BCUT2D eigenvalue weighted by Crippen LogP contribution is 2.41. The van der Waals surface area contributed by atoms with Gasteiger partial charge in [-0.3, -0.25) is 14.7 Å². The number of hydrogen-bond donors (Lipinski definition) is 0. The summed E-state index contributed by atoms with van der Waals surface area (Å²) in [7, 11) is 6.52. The molecule has 9 aromatic rings. The van der Waals surface area contributed by atoms with E-state index in [1.54, 1.807) is 0 Å². The van der Waals surface area contributed by atoms with Gasteiger partial charge in [-0.15, -0.1) is 30.6 Å². The van der Waals surface area contributed by atoms with Crippen LogP contribution in [0.5, 0.6) is 0 Å². The van der Waals surface area contributed by atoms with E-state index < -0.39 is 6.17 Å². The minimum absolute atomic E-state index is 0.337. The first-order valence-electron chi connectivity index (χ1n) is 33.6. The van der Waals surface area contributed by atoms with Gasteiger partial charge in [0.05, 0.1) is 57.4 Å². The minimum atomic E-state index is -0.840. The number of rotatable bonds is 15. The van der Waals surface area contributed by atoms with Gasteiger partial charge in [-0.1, -0.05) is 126 Å². The Bertz CT molecular complexity index is 3510. The van der Waals surface area contributed by atoms with Crippen molar-refractivity contribution in [2.24, 2.45) is 0 Å². The molecule has 492 valence electrons. The average Bonchev–Trinajstić information content (AvgIpc) is 1.67. The Kier molecular flexibility index (Phi) is 21.2. The van der Waals surface area contributed by atoms with E-state index in [0.29, 0.717) is 58.3 Å². The van der Waals surface area contributed by atoms with Gasteiger partial charge in [0.25, 0.3) is 0 Å². The van der Waals surface area contributed by atoms with E-state index in [1.807, 2.05) is 110 Å². The second-order valence-corrected chi connectivity index (χ2v) is 26.9. The molecule has 21 nitrogen and oxygen atoms in total. The molecule has 0 N–H and O–H groups in total. The van der Waals surface area contributed by atoms with Crippen LogP contribution in [0.1, 0.15) is 44.9 Å². The summed E-state index contributed by atoms with van der Waals surface area (Å²) in [4.78, 5) is 21.3. The quantitative estimate of drug-likeness (QED) is 0.0953. The molecule has 6 aromatic heterocycles. The highest BCUT2D eigenvalue weighted by atomic mass is 35.5. The van der Waals surface area contributed by atoms with E-state index in [-0.39, 0.29) is 0 Å². The molecule has 0 radical (unpaired) electrons. The molecule has 6 aliphatic rings. The van der Waals surface area contributed by atoms with Gasteiger partial charge in [0.2, 0.25) is 0 Å². The number of benzene rings is 3. The SMILES string of the molecule is CN1CCN(CCn2nc(N3CCCCC3)c3c(Cl)c(-c4ccccc4)nnc32)CC1.CN1CCN(CCn2nc(N3CCCCC3)c3c(Cl)c(-c4ccccc4)nnc32)CC1.CN1CCN(CCn2nc(N3CC[C@@H](F)C3)c3c(Cl)c(-c4ccccc4)nnc32)CC1. The van der Waals surface area contributed by atoms with E-state index in [9.17, 15) is 4.39 Å². The summed E-state index contributed by atoms with van der Waals surface area (Å²) < 4.78 is 19.9. The molecule has 93 heavy (non-hydrogen) atoms. The molecule has 12 heterocycles. The molecular weight excluding hydrogens is 1240 g/mol. The van der Waals surface area contributed by atoms with Gasteiger partial charge in [0.15, 0.2) is 34.4 Å². The van der Waals surface area contributed by atoms with Crippen LogP contribution in [0.3, 0.4) is 0 Å². The molecule has 6 fully saturated rings. The lowest BCUT2D eigenvalue weighted by Crippen LogP contribution is -2.45. The number of nitrogens with zero attached hydrogens (tertiary/aromatic N) is 21. The Morgan fingerprint density at radius 3 is 0.946 bits per heavy atom. The maximum absolute atomic E-state index is 14.0. The lowest BCUT2D eigenvalue weighted by molar-refractivity contribution is 0.149. The summed E-state index contributed by atoms with van der Waals surface area (Å²) in [6.07, 6.45) is 7.00.